The zero-order valence-corrected chi connectivity index (χ0v) is 13.3. The Kier molecular flexibility index (Phi) is 7.35. The van der Waals surface area contributed by atoms with E-state index in [4.69, 9.17) is 11.6 Å². The Morgan fingerprint density at radius 1 is 1.55 bits per heavy atom. The van der Waals surface area contributed by atoms with Crippen molar-refractivity contribution in [2.75, 3.05) is 6.54 Å². The number of amides is 1. The minimum Gasteiger partial charge on any atom is -0.350 e. The number of carbonyl (C=O) groups excluding carboxylic acids is 1. The molecule has 112 valence electrons. The largest absolute Gasteiger partial charge is 0.350 e. The molecular weight excluding hydrogens is 295 g/mol. The van der Waals surface area contributed by atoms with E-state index in [1.807, 2.05) is 31.2 Å². The van der Waals surface area contributed by atoms with Crippen LogP contribution in [0, 0.1) is 0 Å². The zero-order chi connectivity index (χ0) is 13.7. The lowest BCUT2D eigenvalue weighted by atomic mass is 10.1. The molecule has 1 unspecified atom stereocenters. The van der Waals surface area contributed by atoms with Gasteiger partial charge in [0.25, 0.3) is 0 Å². The van der Waals surface area contributed by atoms with E-state index in [1.165, 1.54) is 12.8 Å². The van der Waals surface area contributed by atoms with Crippen molar-refractivity contribution in [3.05, 3.63) is 34.9 Å². The molecule has 0 aliphatic carbocycles. The van der Waals surface area contributed by atoms with Crippen molar-refractivity contribution in [2.45, 2.75) is 44.7 Å². The van der Waals surface area contributed by atoms with E-state index in [2.05, 4.69) is 10.6 Å². The van der Waals surface area contributed by atoms with Gasteiger partial charge in [-0.05, 0) is 50.4 Å². The second kappa shape index (κ2) is 8.50. The summed E-state index contributed by atoms with van der Waals surface area (Å²) in [7, 11) is 0. The van der Waals surface area contributed by atoms with E-state index in [0.717, 1.165) is 18.5 Å². The number of rotatable bonds is 5. The smallest absolute Gasteiger partial charge is 0.220 e. The van der Waals surface area contributed by atoms with Crippen LogP contribution in [0.25, 0.3) is 0 Å². The Labute approximate surface area is 131 Å². The summed E-state index contributed by atoms with van der Waals surface area (Å²) in [5.41, 5.74) is 1.04. The van der Waals surface area contributed by atoms with Crippen molar-refractivity contribution in [1.82, 2.24) is 10.6 Å². The number of halogens is 2. The predicted octanol–water partition coefficient (Wildman–Crippen LogP) is 3.47. The third-order valence-corrected chi connectivity index (χ3v) is 3.84. The first-order chi connectivity index (χ1) is 9.15. The van der Waals surface area contributed by atoms with Crippen molar-refractivity contribution < 1.29 is 4.79 Å². The maximum absolute atomic E-state index is 11.9. The van der Waals surface area contributed by atoms with Crippen LogP contribution in [0.15, 0.2) is 24.3 Å². The molecule has 20 heavy (non-hydrogen) atoms. The van der Waals surface area contributed by atoms with Crippen LogP contribution >= 0.6 is 24.0 Å². The number of carbonyl (C=O) groups is 1. The normalized spacial score (nSPS) is 19.2. The van der Waals surface area contributed by atoms with Gasteiger partial charge in [0, 0.05) is 17.5 Å². The van der Waals surface area contributed by atoms with Crippen molar-refractivity contribution in [2.24, 2.45) is 0 Å². The van der Waals surface area contributed by atoms with Crippen molar-refractivity contribution in [3.8, 4) is 0 Å². The number of hydrogen-bond donors (Lipinski definition) is 2. The van der Waals surface area contributed by atoms with E-state index in [0.29, 0.717) is 17.5 Å². The Bertz CT molecular complexity index is 434. The molecule has 1 amide bonds. The zero-order valence-electron chi connectivity index (χ0n) is 11.7. The van der Waals surface area contributed by atoms with Gasteiger partial charge in [0.2, 0.25) is 5.91 Å². The SMILES string of the molecule is C[C@@H](NC(=O)CCC1CCCN1)c1cccc(Cl)c1.Cl. The topological polar surface area (TPSA) is 41.1 Å². The van der Waals surface area contributed by atoms with Crippen LogP contribution in [0.5, 0.6) is 0 Å². The second-order valence-corrected chi connectivity index (χ2v) is 5.61. The molecule has 2 atom stereocenters. The highest BCUT2D eigenvalue weighted by Gasteiger charge is 2.16. The highest BCUT2D eigenvalue weighted by Crippen LogP contribution is 2.18. The lowest BCUT2D eigenvalue weighted by Gasteiger charge is -2.16. The molecule has 3 nitrogen and oxygen atoms in total. The maximum atomic E-state index is 11.9. The van der Waals surface area contributed by atoms with E-state index in [9.17, 15) is 4.79 Å². The molecule has 2 N–H and O–H groups in total. The highest BCUT2D eigenvalue weighted by atomic mass is 35.5. The average molecular weight is 317 g/mol. The number of benzene rings is 1. The quantitative estimate of drug-likeness (QED) is 0.873. The Morgan fingerprint density at radius 3 is 3.00 bits per heavy atom. The summed E-state index contributed by atoms with van der Waals surface area (Å²) < 4.78 is 0. The van der Waals surface area contributed by atoms with Gasteiger partial charge in [0.15, 0.2) is 0 Å². The van der Waals surface area contributed by atoms with Crippen LogP contribution in [0.2, 0.25) is 5.02 Å². The highest BCUT2D eigenvalue weighted by molar-refractivity contribution is 6.30. The molecule has 1 heterocycles. The van der Waals surface area contributed by atoms with Crippen LogP contribution in [0.4, 0.5) is 0 Å². The van der Waals surface area contributed by atoms with Crippen molar-refractivity contribution in [3.63, 3.8) is 0 Å². The van der Waals surface area contributed by atoms with Crippen LogP contribution in [-0.2, 0) is 4.79 Å². The summed E-state index contributed by atoms with van der Waals surface area (Å²) in [6, 6.07) is 8.14. The molecule has 0 spiro atoms. The fraction of sp³-hybridized carbons (Fsp3) is 0.533. The first-order valence-electron chi connectivity index (χ1n) is 6.93. The Morgan fingerprint density at radius 2 is 2.35 bits per heavy atom. The molecule has 0 bridgehead atoms. The number of hydrogen-bond acceptors (Lipinski definition) is 2. The minimum absolute atomic E-state index is 0. The third kappa shape index (κ3) is 5.31. The molecule has 0 aromatic heterocycles. The molecule has 1 aliphatic rings. The molecule has 1 aliphatic heterocycles. The first kappa shape index (κ1) is 17.3. The molecule has 2 rings (SSSR count). The van der Waals surface area contributed by atoms with Crippen molar-refractivity contribution >= 4 is 29.9 Å². The fourth-order valence-corrected chi connectivity index (χ4v) is 2.68. The summed E-state index contributed by atoms with van der Waals surface area (Å²) in [5.74, 6) is 0.112. The van der Waals surface area contributed by atoms with Crippen LogP contribution in [0.1, 0.15) is 44.2 Å². The van der Waals surface area contributed by atoms with E-state index in [1.54, 1.807) is 0 Å². The molecule has 1 aromatic rings. The van der Waals surface area contributed by atoms with E-state index in [-0.39, 0.29) is 24.4 Å². The van der Waals surface area contributed by atoms with Gasteiger partial charge in [-0.25, -0.2) is 0 Å². The lowest BCUT2D eigenvalue weighted by molar-refractivity contribution is -0.121. The van der Waals surface area contributed by atoms with Gasteiger partial charge in [0.05, 0.1) is 6.04 Å². The third-order valence-electron chi connectivity index (χ3n) is 3.61. The van der Waals surface area contributed by atoms with Crippen LogP contribution in [-0.4, -0.2) is 18.5 Å². The van der Waals surface area contributed by atoms with Crippen molar-refractivity contribution in [1.29, 1.82) is 0 Å². The summed E-state index contributed by atoms with van der Waals surface area (Å²) in [4.78, 5) is 11.9. The molecule has 1 fully saturated rings. The molecule has 0 radical (unpaired) electrons. The van der Waals surface area contributed by atoms with Gasteiger partial charge in [-0.15, -0.1) is 12.4 Å². The van der Waals surface area contributed by atoms with Gasteiger partial charge in [0.1, 0.15) is 0 Å². The van der Waals surface area contributed by atoms with Gasteiger partial charge in [-0.2, -0.15) is 0 Å². The molecule has 5 heteroatoms. The predicted molar refractivity (Wildman–Crippen MR) is 85.5 cm³/mol. The van der Waals surface area contributed by atoms with Gasteiger partial charge >= 0.3 is 0 Å². The van der Waals surface area contributed by atoms with Gasteiger partial charge < -0.3 is 10.6 Å². The first-order valence-corrected chi connectivity index (χ1v) is 7.31. The van der Waals surface area contributed by atoms with Gasteiger partial charge in [-0.3, -0.25) is 4.79 Å². The minimum atomic E-state index is 0. The number of nitrogens with one attached hydrogen (secondary N) is 2. The Hall–Kier alpha value is -0.770. The summed E-state index contributed by atoms with van der Waals surface area (Å²) in [6.45, 7) is 3.07. The fourth-order valence-electron chi connectivity index (χ4n) is 2.48. The Balaban J connectivity index is 0.00000200. The summed E-state index contributed by atoms with van der Waals surface area (Å²) >= 11 is 5.95. The van der Waals surface area contributed by atoms with E-state index < -0.39 is 0 Å². The lowest BCUT2D eigenvalue weighted by Crippen LogP contribution is -2.29. The molecular formula is C15H22Cl2N2O. The molecule has 1 aromatic carbocycles. The van der Waals surface area contributed by atoms with Gasteiger partial charge in [-0.1, -0.05) is 23.7 Å². The molecule has 0 saturated carbocycles. The monoisotopic (exact) mass is 316 g/mol. The maximum Gasteiger partial charge on any atom is 0.220 e. The summed E-state index contributed by atoms with van der Waals surface area (Å²) in [6.07, 6.45) is 3.93. The average Bonchev–Trinajstić information content (AvgIpc) is 2.89. The summed E-state index contributed by atoms with van der Waals surface area (Å²) in [5, 5.41) is 7.13. The standard InChI is InChI=1S/C15H21ClN2O.ClH/c1-11(12-4-2-5-13(16)10-12)18-15(19)8-7-14-6-3-9-17-14;/h2,4-5,10-11,14,17H,3,6-9H2,1H3,(H,18,19);1H/t11-,14?;/m1./s1. The molecule has 1 saturated heterocycles. The van der Waals surface area contributed by atoms with Crippen LogP contribution in [0.3, 0.4) is 0 Å². The second-order valence-electron chi connectivity index (χ2n) is 5.18. The van der Waals surface area contributed by atoms with E-state index >= 15 is 0 Å². The van der Waals surface area contributed by atoms with Crippen LogP contribution < -0.4 is 10.6 Å².